The zero-order valence-corrected chi connectivity index (χ0v) is 18.4. The van der Waals surface area contributed by atoms with Crippen LogP contribution in [-0.2, 0) is 16.8 Å². The number of phenols is 1. The van der Waals surface area contributed by atoms with Crippen molar-refractivity contribution in [3.8, 4) is 11.5 Å². The van der Waals surface area contributed by atoms with Crippen LogP contribution in [0.25, 0.3) is 0 Å². The summed E-state index contributed by atoms with van der Waals surface area (Å²) in [5, 5.41) is 10.3. The maximum absolute atomic E-state index is 13.0. The fraction of sp³-hybridized carbons (Fsp3) is 0.308. The molecule has 0 unspecified atom stereocenters. The second-order valence-corrected chi connectivity index (χ2v) is 8.52. The van der Waals surface area contributed by atoms with Crippen molar-refractivity contribution < 1.29 is 14.6 Å². The Kier molecular flexibility index (Phi) is 7.29. The van der Waals surface area contributed by atoms with Gasteiger partial charge in [-0.25, -0.2) is 0 Å². The topological polar surface area (TPSA) is 62.7 Å². The summed E-state index contributed by atoms with van der Waals surface area (Å²) in [7, 11) is 0. The van der Waals surface area contributed by atoms with E-state index in [2.05, 4.69) is 37.9 Å². The van der Waals surface area contributed by atoms with Gasteiger partial charge in [0.1, 0.15) is 11.5 Å². The molecule has 1 heterocycles. The number of para-hydroxylation sites is 2. The van der Waals surface area contributed by atoms with Gasteiger partial charge in [0.05, 0.1) is 24.5 Å². The maximum Gasteiger partial charge on any atom is 0.227 e. The van der Waals surface area contributed by atoms with E-state index in [4.69, 9.17) is 4.74 Å². The number of anilines is 1. The molecule has 0 saturated carbocycles. The fourth-order valence-corrected chi connectivity index (χ4v) is 3.25. The summed E-state index contributed by atoms with van der Waals surface area (Å²) in [6, 6.07) is 20.5. The van der Waals surface area contributed by atoms with Crippen LogP contribution in [0.2, 0.25) is 0 Å². The van der Waals surface area contributed by atoms with Gasteiger partial charge in [0.25, 0.3) is 0 Å². The molecule has 1 amide bonds. The first-order valence-electron chi connectivity index (χ1n) is 10.6. The summed E-state index contributed by atoms with van der Waals surface area (Å²) in [6.07, 6.45) is 2.58. The van der Waals surface area contributed by atoms with Crippen molar-refractivity contribution >= 4 is 11.6 Å². The average Bonchev–Trinajstić information content (AvgIpc) is 2.76. The van der Waals surface area contributed by atoms with E-state index >= 15 is 0 Å². The lowest BCUT2D eigenvalue weighted by atomic mass is 9.87. The minimum absolute atomic E-state index is 0.0713. The number of amides is 1. The molecule has 2 aromatic carbocycles. The Morgan fingerprint density at radius 2 is 1.71 bits per heavy atom. The van der Waals surface area contributed by atoms with E-state index in [1.165, 1.54) is 5.56 Å². The van der Waals surface area contributed by atoms with Gasteiger partial charge < -0.3 is 14.7 Å². The van der Waals surface area contributed by atoms with Gasteiger partial charge in [-0.3, -0.25) is 9.78 Å². The highest BCUT2D eigenvalue weighted by Gasteiger charge is 2.19. The molecule has 0 radical (unpaired) electrons. The van der Waals surface area contributed by atoms with Crippen molar-refractivity contribution in [1.82, 2.24) is 4.98 Å². The Bertz CT molecular complexity index is 980. The van der Waals surface area contributed by atoms with Crippen LogP contribution >= 0.6 is 0 Å². The number of carbonyl (C=O) groups is 1. The SMILES string of the molecule is CC(C)(C)c1ccc(OCCCC(=O)N(Cc2ccccn2)c2ccccc2O)cc1. The predicted molar refractivity (Wildman–Crippen MR) is 123 cm³/mol. The molecule has 1 N–H and O–H groups in total. The normalized spacial score (nSPS) is 11.2. The summed E-state index contributed by atoms with van der Waals surface area (Å²) in [5.74, 6) is 0.785. The van der Waals surface area contributed by atoms with E-state index in [0.29, 0.717) is 31.7 Å². The van der Waals surface area contributed by atoms with Gasteiger partial charge in [0.2, 0.25) is 5.91 Å². The van der Waals surface area contributed by atoms with E-state index in [1.54, 1.807) is 35.4 Å². The number of benzene rings is 2. The molecule has 3 rings (SSSR count). The first-order valence-corrected chi connectivity index (χ1v) is 10.6. The fourth-order valence-electron chi connectivity index (χ4n) is 3.25. The molecule has 162 valence electrons. The van der Waals surface area contributed by atoms with Crippen molar-refractivity contribution in [3.05, 3.63) is 84.2 Å². The summed E-state index contributed by atoms with van der Waals surface area (Å²) in [4.78, 5) is 18.9. The molecule has 3 aromatic rings. The van der Waals surface area contributed by atoms with E-state index in [-0.39, 0.29) is 17.1 Å². The minimum Gasteiger partial charge on any atom is -0.506 e. The Morgan fingerprint density at radius 1 is 1.00 bits per heavy atom. The Hall–Kier alpha value is -3.34. The highest BCUT2D eigenvalue weighted by molar-refractivity contribution is 5.94. The van der Waals surface area contributed by atoms with Crippen LogP contribution in [0.15, 0.2) is 72.9 Å². The van der Waals surface area contributed by atoms with Crippen LogP contribution in [0.4, 0.5) is 5.69 Å². The highest BCUT2D eigenvalue weighted by Crippen LogP contribution is 2.28. The molecule has 0 spiro atoms. The maximum atomic E-state index is 13.0. The smallest absolute Gasteiger partial charge is 0.227 e. The van der Waals surface area contributed by atoms with Gasteiger partial charge in [-0.1, -0.05) is 51.1 Å². The van der Waals surface area contributed by atoms with Crippen LogP contribution in [0, 0.1) is 0 Å². The molecule has 0 fully saturated rings. The first kappa shape index (κ1) is 22.3. The van der Waals surface area contributed by atoms with E-state index < -0.39 is 0 Å². The lowest BCUT2D eigenvalue weighted by molar-refractivity contribution is -0.119. The van der Waals surface area contributed by atoms with Gasteiger partial charge in [0.15, 0.2) is 0 Å². The van der Waals surface area contributed by atoms with Crippen molar-refractivity contribution in [2.75, 3.05) is 11.5 Å². The third kappa shape index (κ3) is 6.32. The van der Waals surface area contributed by atoms with Gasteiger partial charge >= 0.3 is 0 Å². The van der Waals surface area contributed by atoms with E-state index in [1.807, 2.05) is 30.3 Å². The number of aromatic nitrogens is 1. The monoisotopic (exact) mass is 418 g/mol. The van der Waals surface area contributed by atoms with Gasteiger partial charge in [-0.15, -0.1) is 0 Å². The third-order valence-corrected chi connectivity index (χ3v) is 5.04. The molecule has 0 saturated heterocycles. The Morgan fingerprint density at radius 3 is 2.35 bits per heavy atom. The number of nitrogens with zero attached hydrogens (tertiary/aromatic N) is 2. The molecule has 1 aromatic heterocycles. The Balaban J connectivity index is 1.59. The minimum atomic E-state index is -0.0844. The molecule has 0 bridgehead atoms. The van der Waals surface area contributed by atoms with Crippen molar-refractivity contribution in [3.63, 3.8) is 0 Å². The number of carbonyl (C=O) groups excluding carboxylic acids is 1. The molecule has 0 aliphatic carbocycles. The molecule has 5 nitrogen and oxygen atoms in total. The summed E-state index contributed by atoms with van der Waals surface area (Å²) < 4.78 is 5.82. The van der Waals surface area contributed by atoms with E-state index in [0.717, 1.165) is 11.4 Å². The molecule has 31 heavy (non-hydrogen) atoms. The number of rotatable bonds is 8. The summed E-state index contributed by atoms with van der Waals surface area (Å²) in [5.41, 5.74) is 2.60. The molecule has 0 aliphatic rings. The summed E-state index contributed by atoms with van der Waals surface area (Å²) in [6.45, 7) is 7.27. The lowest BCUT2D eigenvalue weighted by Crippen LogP contribution is -2.31. The van der Waals surface area contributed by atoms with Crippen molar-refractivity contribution in [2.45, 2.75) is 45.6 Å². The van der Waals surface area contributed by atoms with Crippen LogP contribution in [0.5, 0.6) is 11.5 Å². The summed E-state index contributed by atoms with van der Waals surface area (Å²) >= 11 is 0. The second-order valence-electron chi connectivity index (χ2n) is 8.52. The molecular weight excluding hydrogens is 388 g/mol. The number of ether oxygens (including phenoxy) is 1. The standard InChI is InChI=1S/C26H30N2O3/c1-26(2,3)20-13-15-22(16-14-20)31-18-8-12-25(30)28(19-21-9-6-7-17-27-21)23-10-4-5-11-24(23)29/h4-7,9-11,13-17,29H,8,12,18-19H2,1-3H3. The van der Waals surface area contributed by atoms with Crippen LogP contribution in [0.1, 0.15) is 44.9 Å². The molecule has 5 heteroatoms. The second kappa shape index (κ2) is 10.1. The van der Waals surface area contributed by atoms with Gasteiger partial charge in [-0.2, -0.15) is 0 Å². The zero-order valence-electron chi connectivity index (χ0n) is 18.4. The largest absolute Gasteiger partial charge is 0.506 e. The van der Waals surface area contributed by atoms with Gasteiger partial charge in [-0.05, 0) is 53.8 Å². The quantitative estimate of drug-likeness (QED) is 0.492. The van der Waals surface area contributed by atoms with Crippen LogP contribution in [0.3, 0.4) is 0 Å². The van der Waals surface area contributed by atoms with E-state index in [9.17, 15) is 9.90 Å². The van der Waals surface area contributed by atoms with Crippen LogP contribution in [-0.4, -0.2) is 22.6 Å². The zero-order chi connectivity index (χ0) is 22.3. The number of phenolic OH excluding ortho intramolecular Hbond substituents is 1. The number of hydrogen-bond donors (Lipinski definition) is 1. The number of aromatic hydroxyl groups is 1. The number of hydrogen-bond acceptors (Lipinski definition) is 4. The number of pyridine rings is 1. The highest BCUT2D eigenvalue weighted by atomic mass is 16.5. The Labute approximate surface area is 184 Å². The molecule has 0 atom stereocenters. The molecule has 0 aliphatic heterocycles. The lowest BCUT2D eigenvalue weighted by Gasteiger charge is -2.23. The van der Waals surface area contributed by atoms with Gasteiger partial charge in [0, 0.05) is 12.6 Å². The molecular formula is C26H30N2O3. The van der Waals surface area contributed by atoms with Crippen LogP contribution < -0.4 is 9.64 Å². The van der Waals surface area contributed by atoms with Crippen molar-refractivity contribution in [1.29, 1.82) is 0 Å². The predicted octanol–water partition coefficient (Wildman–Crippen LogP) is 5.48. The third-order valence-electron chi connectivity index (χ3n) is 5.04. The van der Waals surface area contributed by atoms with Crippen molar-refractivity contribution in [2.24, 2.45) is 0 Å². The average molecular weight is 419 g/mol. The first-order chi connectivity index (χ1) is 14.8.